The number of hydrogen-bond donors (Lipinski definition) is 0. The minimum atomic E-state index is -0.181. The summed E-state index contributed by atoms with van der Waals surface area (Å²) in [5, 5.41) is 0. The summed E-state index contributed by atoms with van der Waals surface area (Å²) in [5.74, 6) is 0. The molecule has 0 saturated carbocycles. The molecule has 7 rings (SSSR count). The Morgan fingerprint density at radius 3 is 2.47 bits per heavy atom. The number of benzene rings is 4. The van der Waals surface area contributed by atoms with E-state index in [1.54, 1.807) is 0 Å². The number of hydrogen-bond acceptors (Lipinski definition) is 2. The lowest BCUT2D eigenvalue weighted by Crippen LogP contribution is -2.44. The molecule has 0 spiro atoms. The molecule has 248 valence electrons. The highest BCUT2D eigenvalue weighted by atomic mass is 15.2. The molecule has 0 bridgehead atoms. The first kappa shape index (κ1) is 32.7. The number of nitrogens with zero attached hydrogens (tertiary/aromatic N) is 2. The molecule has 0 fully saturated rings. The van der Waals surface area contributed by atoms with Crippen molar-refractivity contribution in [3.05, 3.63) is 166 Å². The van der Waals surface area contributed by atoms with Crippen LogP contribution in [-0.4, -0.2) is 12.6 Å². The molecule has 0 atom stereocenters. The number of aryl methyl sites for hydroxylation is 3. The summed E-state index contributed by atoms with van der Waals surface area (Å²) < 4.78 is 0. The lowest BCUT2D eigenvalue weighted by Gasteiger charge is -2.45. The Labute approximate surface area is 294 Å². The molecule has 3 aliphatic rings. The van der Waals surface area contributed by atoms with E-state index in [4.69, 9.17) is 0 Å². The SMILES string of the molecule is C=C(/C=C1\C(=C)c2ccc(N3c4ccccc4CCC3(C)C)cc2C1(C)C)/C=C/c1ccc2c(c1)CCC(N(C)c1ccccc1CC)=C2. The van der Waals surface area contributed by atoms with Gasteiger partial charge in [0, 0.05) is 40.8 Å². The predicted octanol–water partition coefficient (Wildman–Crippen LogP) is 12.0. The summed E-state index contributed by atoms with van der Waals surface area (Å²) in [4.78, 5) is 4.92. The molecule has 49 heavy (non-hydrogen) atoms. The van der Waals surface area contributed by atoms with Gasteiger partial charge in [-0.1, -0.05) is 113 Å². The van der Waals surface area contributed by atoms with E-state index in [1.807, 2.05) is 0 Å². The third-order valence-corrected chi connectivity index (χ3v) is 11.2. The average Bonchev–Trinajstić information content (AvgIpc) is 3.29. The standard InChI is InChI=1S/C47H50N2/c1-9-35-14-10-12-16-44(35)48(8)39-23-22-37-29-34(20-21-38(37)30-39)19-18-32(2)28-42-33(3)41-25-24-40(31-43(41)47(42,6)7)49-45-17-13-11-15-36(45)26-27-46(49,4)5/h10-21,24-25,28-31H,2-3,9,22-23,26-27H2,1,4-8H3/b19-18+,42-28+. The largest absolute Gasteiger partial charge is 0.348 e. The van der Waals surface area contributed by atoms with Crippen molar-refractivity contribution in [2.45, 2.75) is 77.7 Å². The van der Waals surface area contributed by atoms with E-state index < -0.39 is 0 Å². The summed E-state index contributed by atoms with van der Waals surface area (Å²) in [7, 11) is 2.20. The van der Waals surface area contributed by atoms with Crippen molar-refractivity contribution >= 4 is 34.8 Å². The Morgan fingerprint density at radius 2 is 1.65 bits per heavy atom. The van der Waals surface area contributed by atoms with Crippen molar-refractivity contribution in [1.29, 1.82) is 0 Å². The van der Waals surface area contributed by atoms with E-state index in [0.29, 0.717) is 0 Å². The topological polar surface area (TPSA) is 6.48 Å². The third-order valence-electron chi connectivity index (χ3n) is 11.2. The van der Waals surface area contributed by atoms with Crippen LogP contribution >= 0.6 is 0 Å². The van der Waals surface area contributed by atoms with Crippen LogP contribution in [0.25, 0.3) is 17.7 Å². The average molecular weight is 643 g/mol. The lowest BCUT2D eigenvalue weighted by atomic mass is 9.81. The molecular formula is C47H50N2. The fraction of sp³-hybridized carbons (Fsp3) is 0.277. The van der Waals surface area contributed by atoms with Crippen molar-refractivity contribution in [3.63, 3.8) is 0 Å². The molecule has 0 radical (unpaired) electrons. The van der Waals surface area contributed by atoms with Gasteiger partial charge >= 0.3 is 0 Å². The number of allylic oxidation sites excluding steroid dienone is 6. The number of fused-ring (bicyclic) bond motifs is 3. The molecule has 1 aliphatic heterocycles. The predicted molar refractivity (Wildman–Crippen MR) is 213 cm³/mol. The number of rotatable bonds is 7. The van der Waals surface area contributed by atoms with Gasteiger partial charge in [0.1, 0.15) is 0 Å². The third kappa shape index (κ3) is 5.92. The van der Waals surface area contributed by atoms with Gasteiger partial charge in [-0.05, 0) is 132 Å². The van der Waals surface area contributed by atoms with E-state index >= 15 is 0 Å². The Hall–Kier alpha value is -4.82. The molecule has 2 nitrogen and oxygen atoms in total. The van der Waals surface area contributed by atoms with E-state index in [2.05, 4.69) is 174 Å². The van der Waals surface area contributed by atoms with Crippen molar-refractivity contribution in [2.24, 2.45) is 0 Å². The summed E-state index contributed by atoms with van der Waals surface area (Å²) in [6.07, 6.45) is 14.3. The van der Waals surface area contributed by atoms with Gasteiger partial charge in [0.2, 0.25) is 0 Å². The molecule has 4 aromatic rings. The van der Waals surface area contributed by atoms with E-state index in [-0.39, 0.29) is 11.0 Å². The molecule has 0 saturated heterocycles. The van der Waals surface area contributed by atoms with Crippen LogP contribution in [0.15, 0.2) is 127 Å². The quantitative estimate of drug-likeness (QED) is 0.185. The van der Waals surface area contributed by atoms with Gasteiger partial charge in [-0.25, -0.2) is 0 Å². The van der Waals surface area contributed by atoms with E-state index in [9.17, 15) is 0 Å². The van der Waals surface area contributed by atoms with Gasteiger partial charge in [0.25, 0.3) is 0 Å². The molecule has 1 heterocycles. The van der Waals surface area contributed by atoms with Crippen LogP contribution in [-0.2, 0) is 24.7 Å². The maximum absolute atomic E-state index is 4.59. The molecule has 4 aromatic carbocycles. The zero-order valence-electron chi connectivity index (χ0n) is 30.2. The van der Waals surface area contributed by atoms with Crippen LogP contribution < -0.4 is 9.80 Å². The second-order valence-corrected chi connectivity index (χ2v) is 15.2. The van der Waals surface area contributed by atoms with Crippen molar-refractivity contribution in [1.82, 2.24) is 0 Å². The van der Waals surface area contributed by atoms with Gasteiger partial charge in [-0.2, -0.15) is 0 Å². The fourth-order valence-corrected chi connectivity index (χ4v) is 8.29. The van der Waals surface area contributed by atoms with E-state index in [0.717, 1.165) is 43.3 Å². The summed E-state index contributed by atoms with van der Waals surface area (Å²) in [6.45, 7) is 20.7. The maximum Gasteiger partial charge on any atom is 0.0448 e. The molecule has 0 N–H and O–H groups in total. The van der Waals surface area contributed by atoms with Crippen LogP contribution in [0.2, 0.25) is 0 Å². The highest BCUT2D eigenvalue weighted by Crippen LogP contribution is 2.52. The van der Waals surface area contributed by atoms with Gasteiger partial charge < -0.3 is 9.80 Å². The first-order chi connectivity index (χ1) is 23.5. The van der Waals surface area contributed by atoms with Crippen LogP contribution in [0.5, 0.6) is 0 Å². The zero-order chi connectivity index (χ0) is 34.5. The minimum Gasteiger partial charge on any atom is -0.348 e. The second-order valence-electron chi connectivity index (χ2n) is 15.2. The van der Waals surface area contributed by atoms with Gasteiger partial charge in [-0.15, -0.1) is 0 Å². The molecule has 2 heteroatoms. The zero-order valence-corrected chi connectivity index (χ0v) is 30.2. The summed E-state index contributed by atoms with van der Waals surface area (Å²) in [6, 6.07) is 31.5. The molecule has 0 unspecified atom stereocenters. The molecule has 2 aliphatic carbocycles. The summed E-state index contributed by atoms with van der Waals surface area (Å²) >= 11 is 0. The first-order valence-electron chi connectivity index (χ1n) is 17.9. The van der Waals surface area contributed by atoms with Crippen LogP contribution in [0.4, 0.5) is 17.1 Å². The Kier molecular flexibility index (Phi) is 8.39. The van der Waals surface area contributed by atoms with Crippen LogP contribution in [0.1, 0.15) is 86.4 Å². The van der Waals surface area contributed by atoms with Crippen LogP contribution in [0.3, 0.4) is 0 Å². The van der Waals surface area contributed by atoms with E-state index in [1.165, 1.54) is 67.3 Å². The van der Waals surface area contributed by atoms with Crippen LogP contribution in [0, 0.1) is 0 Å². The van der Waals surface area contributed by atoms with Gasteiger partial charge in [0.05, 0.1) is 0 Å². The second kappa shape index (κ2) is 12.6. The molecule has 0 aromatic heterocycles. The smallest absolute Gasteiger partial charge is 0.0448 e. The van der Waals surface area contributed by atoms with Gasteiger partial charge in [0.15, 0.2) is 0 Å². The first-order valence-corrected chi connectivity index (χ1v) is 17.9. The highest BCUT2D eigenvalue weighted by molar-refractivity contribution is 5.90. The normalized spacial score (nSPS) is 18.2. The minimum absolute atomic E-state index is 0.0343. The fourth-order valence-electron chi connectivity index (χ4n) is 8.29. The van der Waals surface area contributed by atoms with Crippen molar-refractivity contribution < 1.29 is 0 Å². The Bertz CT molecular complexity index is 2060. The van der Waals surface area contributed by atoms with Gasteiger partial charge in [-0.3, -0.25) is 0 Å². The number of para-hydroxylation sites is 2. The Morgan fingerprint density at radius 1 is 0.878 bits per heavy atom. The van der Waals surface area contributed by atoms with Crippen molar-refractivity contribution in [3.8, 4) is 0 Å². The summed E-state index contributed by atoms with van der Waals surface area (Å²) in [5.41, 5.74) is 17.8. The molecule has 0 amide bonds. The maximum atomic E-state index is 4.59. The molecular weight excluding hydrogens is 593 g/mol. The monoisotopic (exact) mass is 642 g/mol. The highest BCUT2D eigenvalue weighted by Gasteiger charge is 2.39. The number of anilines is 3. The van der Waals surface area contributed by atoms with Crippen molar-refractivity contribution in [2.75, 3.05) is 16.8 Å². The lowest BCUT2D eigenvalue weighted by molar-refractivity contribution is 0.447. The Balaban J connectivity index is 1.10.